The molecule has 13 heteroatoms. The van der Waals surface area contributed by atoms with E-state index in [1.165, 1.54) is 0 Å². The van der Waals surface area contributed by atoms with Gasteiger partial charge in [0.25, 0.3) is 0 Å². The highest BCUT2D eigenvalue weighted by Crippen LogP contribution is 2.20. The summed E-state index contributed by atoms with van der Waals surface area (Å²) in [6.45, 7) is 1.72. The minimum absolute atomic E-state index is 0.0717. The van der Waals surface area contributed by atoms with E-state index in [4.69, 9.17) is 16.6 Å². The van der Waals surface area contributed by atoms with Gasteiger partial charge in [-0.2, -0.15) is 0 Å². The van der Waals surface area contributed by atoms with Crippen LogP contribution in [0, 0.1) is 0 Å². The van der Waals surface area contributed by atoms with Gasteiger partial charge in [-0.05, 0) is 55.1 Å². The van der Waals surface area contributed by atoms with E-state index in [1.54, 1.807) is 4.90 Å². The van der Waals surface area contributed by atoms with Crippen molar-refractivity contribution in [1.29, 1.82) is 0 Å². The Balaban J connectivity index is 2.63. The molecule has 1 rings (SSSR count). The van der Waals surface area contributed by atoms with Gasteiger partial charge in [0.1, 0.15) is 12.1 Å². The Bertz CT molecular complexity index is 709. The van der Waals surface area contributed by atoms with Crippen molar-refractivity contribution >= 4 is 11.8 Å². The lowest BCUT2D eigenvalue weighted by atomic mass is 9.98. The number of amides is 2. The van der Waals surface area contributed by atoms with Crippen LogP contribution in [0.4, 0.5) is 0 Å². The van der Waals surface area contributed by atoms with Crippen LogP contribution in [0.3, 0.4) is 0 Å². The highest BCUT2D eigenvalue weighted by molar-refractivity contribution is 5.96. The van der Waals surface area contributed by atoms with E-state index in [0.717, 1.165) is 25.7 Å². The summed E-state index contributed by atoms with van der Waals surface area (Å²) in [6.07, 6.45) is 7.08. The molecule has 0 bridgehead atoms. The molecule has 2 amide bonds. The SMILES string of the molecule is [N-]=[N+]=NCCCCCCN1C(=O)[C@H](CCCCN=[N+]=[N-])NC(=O)[C@@H]1CCCCN=[N+]=[N-]. The summed E-state index contributed by atoms with van der Waals surface area (Å²) in [5.41, 5.74) is 25.0. The van der Waals surface area contributed by atoms with E-state index in [-0.39, 0.29) is 11.8 Å². The first-order valence-electron chi connectivity index (χ1n) is 10.8. The molecule has 0 aliphatic carbocycles. The monoisotopic (exact) mass is 433 g/mol. The third-order valence-corrected chi connectivity index (χ3v) is 5.16. The number of azide groups is 3. The summed E-state index contributed by atoms with van der Waals surface area (Å²) in [6, 6.07) is -1.07. The van der Waals surface area contributed by atoms with Gasteiger partial charge in [0.15, 0.2) is 0 Å². The highest BCUT2D eigenvalue weighted by atomic mass is 16.2. The molecule has 1 N–H and O–H groups in total. The molecule has 13 nitrogen and oxygen atoms in total. The van der Waals surface area contributed by atoms with Crippen LogP contribution < -0.4 is 5.32 Å². The Labute approximate surface area is 181 Å². The second kappa shape index (κ2) is 16.6. The van der Waals surface area contributed by atoms with Crippen molar-refractivity contribution in [1.82, 2.24) is 10.2 Å². The number of nitrogens with zero attached hydrogens (tertiary/aromatic N) is 10. The highest BCUT2D eigenvalue weighted by Gasteiger charge is 2.39. The number of piperazine rings is 1. The molecule has 0 aromatic carbocycles. The van der Waals surface area contributed by atoms with Crippen LogP contribution in [0.25, 0.3) is 31.3 Å². The third kappa shape index (κ3) is 10.5. The number of rotatable bonds is 17. The molecule has 1 fully saturated rings. The molecule has 1 aliphatic rings. The summed E-state index contributed by atoms with van der Waals surface area (Å²) in [4.78, 5) is 35.6. The Kier molecular flexibility index (Phi) is 13.9. The second-order valence-electron chi connectivity index (χ2n) is 7.38. The van der Waals surface area contributed by atoms with Gasteiger partial charge < -0.3 is 10.2 Å². The minimum Gasteiger partial charge on any atom is -0.343 e. The Morgan fingerprint density at radius 1 is 0.742 bits per heavy atom. The van der Waals surface area contributed by atoms with Crippen molar-refractivity contribution in [2.75, 3.05) is 26.2 Å². The van der Waals surface area contributed by atoms with Crippen molar-refractivity contribution in [3.63, 3.8) is 0 Å². The van der Waals surface area contributed by atoms with Crippen LogP contribution in [0.15, 0.2) is 15.3 Å². The molecule has 170 valence electrons. The van der Waals surface area contributed by atoms with Crippen LogP contribution in [-0.2, 0) is 9.59 Å². The van der Waals surface area contributed by atoms with Gasteiger partial charge in [-0.3, -0.25) is 9.59 Å². The van der Waals surface area contributed by atoms with Gasteiger partial charge in [0, 0.05) is 40.9 Å². The average Bonchev–Trinajstić information content (AvgIpc) is 2.76. The maximum absolute atomic E-state index is 13.0. The van der Waals surface area contributed by atoms with Gasteiger partial charge in [-0.25, -0.2) is 0 Å². The third-order valence-electron chi connectivity index (χ3n) is 5.16. The van der Waals surface area contributed by atoms with Crippen LogP contribution in [0.1, 0.15) is 64.2 Å². The van der Waals surface area contributed by atoms with Gasteiger partial charge in [-0.15, -0.1) is 0 Å². The van der Waals surface area contributed by atoms with Gasteiger partial charge in [0.05, 0.1) is 0 Å². The van der Waals surface area contributed by atoms with E-state index in [2.05, 4.69) is 35.4 Å². The molecular weight excluding hydrogens is 402 g/mol. The normalized spacial score (nSPS) is 17.9. The lowest BCUT2D eigenvalue weighted by molar-refractivity contribution is -0.150. The molecular formula is C18H31N11O2. The summed E-state index contributed by atoms with van der Waals surface area (Å²) in [7, 11) is 0. The predicted octanol–water partition coefficient (Wildman–Crippen LogP) is 4.51. The van der Waals surface area contributed by atoms with Crippen molar-refractivity contribution in [3.05, 3.63) is 31.3 Å². The molecule has 0 spiro atoms. The Hall–Kier alpha value is -3.13. The Morgan fingerprint density at radius 2 is 1.26 bits per heavy atom. The molecule has 31 heavy (non-hydrogen) atoms. The smallest absolute Gasteiger partial charge is 0.245 e. The summed E-state index contributed by atoms with van der Waals surface area (Å²) >= 11 is 0. The van der Waals surface area contributed by atoms with Crippen LogP contribution in [-0.4, -0.2) is 55.0 Å². The second-order valence-corrected chi connectivity index (χ2v) is 7.38. The van der Waals surface area contributed by atoms with Gasteiger partial charge in [0.2, 0.25) is 11.8 Å². The maximum Gasteiger partial charge on any atom is 0.245 e. The maximum atomic E-state index is 13.0. The number of hydrogen-bond acceptors (Lipinski definition) is 5. The fraction of sp³-hybridized carbons (Fsp3) is 0.889. The zero-order valence-electron chi connectivity index (χ0n) is 17.8. The van der Waals surface area contributed by atoms with Crippen LogP contribution >= 0.6 is 0 Å². The first-order chi connectivity index (χ1) is 15.2. The first-order valence-corrected chi connectivity index (χ1v) is 10.8. The van der Waals surface area contributed by atoms with E-state index < -0.39 is 12.1 Å². The number of carbonyl (C=O) groups excluding carboxylic acids is 2. The lowest BCUT2D eigenvalue weighted by Crippen LogP contribution is -2.63. The largest absolute Gasteiger partial charge is 0.343 e. The summed E-state index contributed by atoms with van der Waals surface area (Å²) in [5, 5.41) is 13.4. The molecule has 2 atom stereocenters. The zero-order valence-corrected chi connectivity index (χ0v) is 17.8. The number of carbonyl (C=O) groups is 2. The number of hydrogen-bond donors (Lipinski definition) is 1. The predicted molar refractivity (Wildman–Crippen MR) is 116 cm³/mol. The first kappa shape index (κ1) is 25.9. The topological polar surface area (TPSA) is 196 Å². The summed E-state index contributed by atoms with van der Waals surface area (Å²) in [5.74, 6) is -0.218. The molecule has 1 saturated heterocycles. The van der Waals surface area contributed by atoms with Crippen LogP contribution in [0.5, 0.6) is 0 Å². The quantitative estimate of drug-likeness (QED) is 0.152. The van der Waals surface area contributed by atoms with Crippen molar-refractivity contribution in [3.8, 4) is 0 Å². The molecule has 1 heterocycles. The minimum atomic E-state index is -0.553. The van der Waals surface area contributed by atoms with E-state index in [9.17, 15) is 9.59 Å². The van der Waals surface area contributed by atoms with Crippen molar-refractivity contribution in [2.24, 2.45) is 15.3 Å². The standard InChI is InChI=1S/C18H31N11O2/c19-26-22-11-5-1-2-8-14-29-16(10-4-7-13-24-28-21)17(30)25-15(18(29)31)9-3-6-12-23-27-20/h15-16H,1-14H2,(H,25,30)/t15-,16-/m0/s1. The fourth-order valence-corrected chi connectivity index (χ4v) is 3.58. The summed E-state index contributed by atoms with van der Waals surface area (Å²) < 4.78 is 0. The van der Waals surface area contributed by atoms with Crippen molar-refractivity contribution in [2.45, 2.75) is 76.3 Å². The molecule has 0 unspecified atom stereocenters. The Morgan fingerprint density at radius 3 is 1.84 bits per heavy atom. The zero-order chi connectivity index (χ0) is 22.7. The van der Waals surface area contributed by atoms with Crippen molar-refractivity contribution < 1.29 is 9.59 Å². The lowest BCUT2D eigenvalue weighted by Gasteiger charge is -2.39. The van der Waals surface area contributed by atoms with Gasteiger partial charge in [-0.1, -0.05) is 41.0 Å². The van der Waals surface area contributed by atoms with Crippen LogP contribution in [0.2, 0.25) is 0 Å². The molecule has 0 aromatic heterocycles. The average molecular weight is 434 g/mol. The van der Waals surface area contributed by atoms with Gasteiger partial charge >= 0.3 is 0 Å². The molecule has 1 aliphatic heterocycles. The molecule has 0 aromatic rings. The number of unbranched alkanes of at least 4 members (excludes halogenated alkanes) is 5. The van der Waals surface area contributed by atoms with E-state index in [0.29, 0.717) is 64.7 Å². The molecule has 0 radical (unpaired) electrons. The van der Waals surface area contributed by atoms with E-state index in [1.807, 2.05) is 0 Å². The number of nitrogens with one attached hydrogen (secondary N) is 1. The molecule has 0 saturated carbocycles. The van der Waals surface area contributed by atoms with E-state index >= 15 is 0 Å². The fourth-order valence-electron chi connectivity index (χ4n) is 3.58.